The number of allylic oxidation sites excluding steroid dienone is 2. The van der Waals surface area contributed by atoms with Crippen LogP contribution in [0.3, 0.4) is 0 Å². The van der Waals surface area contributed by atoms with Gasteiger partial charge in [-0.2, -0.15) is 0 Å². The molecule has 0 aromatic heterocycles. The standard InChI is InChI=1S/C22H30F2/c1-2-3-4-16-5-7-17(8-6-16)18-9-11-19(12-10-18)20-13-14-21(23)22(24)15-20/h2-3,13-19H,4-12H2,1H3/b3-2+. The zero-order valence-corrected chi connectivity index (χ0v) is 14.8. The number of hydrogen-bond donors (Lipinski definition) is 0. The lowest BCUT2D eigenvalue weighted by Crippen LogP contribution is -2.25. The molecule has 0 aliphatic heterocycles. The monoisotopic (exact) mass is 332 g/mol. The summed E-state index contributed by atoms with van der Waals surface area (Å²) in [6.07, 6.45) is 16.1. The number of hydrogen-bond acceptors (Lipinski definition) is 0. The molecule has 0 atom stereocenters. The molecule has 0 nitrogen and oxygen atoms in total. The van der Waals surface area contributed by atoms with Crippen molar-refractivity contribution in [1.29, 1.82) is 0 Å². The van der Waals surface area contributed by atoms with Crippen LogP contribution in [-0.2, 0) is 0 Å². The van der Waals surface area contributed by atoms with E-state index in [1.165, 1.54) is 57.1 Å². The molecule has 0 radical (unpaired) electrons. The summed E-state index contributed by atoms with van der Waals surface area (Å²) in [6, 6.07) is 4.46. The molecule has 0 saturated heterocycles. The molecule has 2 aliphatic rings. The Hall–Kier alpha value is -1.18. The molecule has 0 spiro atoms. The maximum absolute atomic E-state index is 13.4. The lowest BCUT2D eigenvalue weighted by Gasteiger charge is -2.38. The number of rotatable bonds is 4. The van der Waals surface area contributed by atoms with Crippen LogP contribution in [0, 0.1) is 29.4 Å². The van der Waals surface area contributed by atoms with Crippen LogP contribution in [0.15, 0.2) is 30.4 Å². The molecule has 2 heteroatoms. The molecule has 24 heavy (non-hydrogen) atoms. The summed E-state index contributed by atoms with van der Waals surface area (Å²) in [5.74, 6) is 1.64. The third-order valence-corrected chi connectivity index (χ3v) is 6.45. The van der Waals surface area contributed by atoms with Gasteiger partial charge in [0, 0.05) is 0 Å². The fourth-order valence-electron chi connectivity index (χ4n) is 4.91. The molecule has 1 aromatic rings. The quantitative estimate of drug-likeness (QED) is 0.520. The molecule has 2 fully saturated rings. The SMILES string of the molecule is C/C=C/CC1CCC(C2CCC(c3ccc(F)c(F)c3)CC2)CC1. The molecule has 0 heterocycles. The van der Waals surface area contributed by atoms with Gasteiger partial charge in [-0.1, -0.05) is 18.2 Å². The Bertz CT molecular complexity index is 547. The molecule has 0 amide bonds. The van der Waals surface area contributed by atoms with Crippen molar-refractivity contribution in [2.24, 2.45) is 17.8 Å². The van der Waals surface area contributed by atoms with Gasteiger partial charge in [0.15, 0.2) is 11.6 Å². The summed E-state index contributed by atoms with van der Waals surface area (Å²) in [5, 5.41) is 0. The largest absolute Gasteiger partial charge is 0.204 e. The third kappa shape index (κ3) is 4.26. The molecular weight excluding hydrogens is 302 g/mol. The average Bonchev–Trinajstić information content (AvgIpc) is 2.63. The van der Waals surface area contributed by atoms with E-state index in [9.17, 15) is 8.78 Å². The van der Waals surface area contributed by atoms with Crippen LogP contribution in [0.1, 0.15) is 76.2 Å². The normalized spacial score (nSPS) is 31.5. The first-order valence-electron chi connectivity index (χ1n) is 9.73. The molecule has 2 aliphatic carbocycles. The zero-order valence-electron chi connectivity index (χ0n) is 14.8. The first-order chi connectivity index (χ1) is 11.7. The van der Waals surface area contributed by atoms with Gasteiger partial charge in [0.1, 0.15) is 0 Å². The van der Waals surface area contributed by atoms with Gasteiger partial charge in [-0.05, 0) is 106 Å². The van der Waals surface area contributed by atoms with Crippen molar-refractivity contribution < 1.29 is 8.78 Å². The topological polar surface area (TPSA) is 0 Å². The maximum Gasteiger partial charge on any atom is 0.159 e. The van der Waals surface area contributed by atoms with Crippen LogP contribution >= 0.6 is 0 Å². The Kier molecular flexibility index (Phi) is 6.08. The van der Waals surface area contributed by atoms with Gasteiger partial charge in [-0.15, -0.1) is 0 Å². The predicted octanol–water partition coefficient (Wildman–Crippen LogP) is 7.01. The van der Waals surface area contributed by atoms with Crippen molar-refractivity contribution in [3.05, 3.63) is 47.5 Å². The Labute approximate surface area is 145 Å². The van der Waals surface area contributed by atoms with Crippen molar-refractivity contribution >= 4 is 0 Å². The highest BCUT2D eigenvalue weighted by Crippen LogP contribution is 2.44. The first kappa shape index (κ1) is 17.6. The summed E-state index contributed by atoms with van der Waals surface area (Å²) in [5.41, 5.74) is 0.988. The van der Waals surface area contributed by atoms with Gasteiger partial charge in [-0.25, -0.2) is 8.78 Å². The Morgan fingerprint density at radius 2 is 1.50 bits per heavy atom. The minimum absolute atomic E-state index is 0.419. The maximum atomic E-state index is 13.4. The highest BCUT2D eigenvalue weighted by atomic mass is 19.2. The second-order valence-corrected chi connectivity index (χ2v) is 7.87. The molecule has 0 N–H and O–H groups in total. The van der Waals surface area contributed by atoms with Gasteiger partial charge in [-0.3, -0.25) is 0 Å². The predicted molar refractivity (Wildman–Crippen MR) is 95.9 cm³/mol. The minimum Gasteiger partial charge on any atom is -0.204 e. The van der Waals surface area contributed by atoms with E-state index in [0.29, 0.717) is 5.92 Å². The lowest BCUT2D eigenvalue weighted by atomic mass is 9.68. The second-order valence-electron chi connectivity index (χ2n) is 7.87. The van der Waals surface area contributed by atoms with Crippen LogP contribution in [0.5, 0.6) is 0 Å². The van der Waals surface area contributed by atoms with Crippen molar-refractivity contribution in [3.63, 3.8) is 0 Å². The van der Waals surface area contributed by atoms with E-state index in [-0.39, 0.29) is 0 Å². The fraction of sp³-hybridized carbons (Fsp3) is 0.636. The zero-order chi connectivity index (χ0) is 16.9. The van der Waals surface area contributed by atoms with Crippen LogP contribution in [0.25, 0.3) is 0 Å². The summed E-state index contributed by atoms with van der Waals surface area (Å²) < 4.78 is 26.5. The molecule has 132 valence electrons. The van der Waals surface area contributed by atoms with Crippen LogP contribution < -0.4 is 0 Å². The van der Waals surface area contributed by atoms with Crippen molar-refractivity contribution in [3.8, 4) is 0 Å². The first-order valence-corrected chi connectivity index (χ1v) is 9.73. The van der Waals surface area contributed by atoms with E-state index in [1.54, 1.807) is 6.07 Å². The van der Waals surface area contributed by atoms with Gasteiger partial charge in [0.25, 0.3) is 0 Å². The van der Waals surface area contributed by atoms with Gasteiger partial charge < -0.3 is 0 Å². The molecule has 3 rings (SSSR count). The summed E-state index contributed by atoms with van der Waals surface area (Å²) in [6.45, 7) is 2.11. The van der Waals surface area contributed by atoms with Crippen molar-refractivity contribution in [2.75, 3.05) is 0 Å². The summed E-state index contributed by atoms with van der Waals surface area (Å²) in [7, 11) is 0. The minimum atomic E-state index is -0.734. The van der Waals surface area contributed by atoms with E-state index in [0.717, 1.165) is 36.2 Å². The van der Waals surface area contributed by atoms with E-state index in [1.807, 2.05) is 0 Å². The Morgan fingerprint density at radius 1 is 0.875 bits per heavy atom. The average molecular weight is 332 g/mol. The molecule has 0 unspecified atom stereocenters. The molecule has 2 saturated carbocycles. The molecular formula is C22H30F2. The molecule has 0 bridgehead atoms. The number of benzene rings is 1. The van der Waals surface area contributed by atoms with Gasteiger partial charge in [0.05, 0.1) is 0 Å². The number of halogens is 2. The smallest absolute Gasteiger partial charge is 0.159 e. The third-order valence-electron chi connectivity index (χ3n) is 6.45. The molecule has 1 aromatic carbocycles. The summed E-state index contributed by atoms with van der Waals surface area (Å²) >= 11 is 0. The van der Waals surface area contributed by atoms with Crippen molar-refractivity contribution in [1.82, 2.24) is 0 Å². The van der Waals surface area contributed by atoms with E-state index in [2.05, 4.69) is 19.1 Å². The highest BCUT2D eigenvalue weighted by Gasteiger charge is 2.31. The lowest BCUT2D eigenvalue weighted by molar-refractivity contribution is 0.160. The van der Waals surface area contributed by atoms with Crippen LogP contribution in [0.4, 0.5) is 8.78 Å². The van der Waals surface area contributed by atoms with Crippen molar-refractivity contribution in [2.45, 2.75) is 70.6 Å². The Balaban J connectivity index is 1.48. The van der Waals surface area contributed by atoms with E-state index >= 15 is 0 Å². The van der Waals surface area contributed by atoms with E-state index < -0.39 is 11.6 Å². The fourth-order valence-corrected chi connectivity index (χ4v) is 4.91. The summed E-state index contributed by atoms with van der Waals surface area (Å²) in [4.78, 5) is 0. The van der Waals surface area contributed by atoms with Gasteiger partial charge in [0.2, 0.25) is 0 Å². The van der Waals surface area contributed by atoms with Crippen LogP contribution in [0.2, 0.25) is 0 Å². The van der Waals surface area contributed by atoms with Gasteiger partial charge >= 0.3 is 0 Å². The second kappa shape index (κ2) is 8.27. The highest BCUT2D eigenvalue weighted by molar-refractivity contribution is 5.22. The Morgan fingerprint density at radius 3 is 2.08 bits per heavy atom. The van der Waals surface area contributed by atoms with E-state index in [4.69, 9.17) is 0 Å². The van der Waals surface area contributed by atoms with Crippen LogP contribution in [-0.4, -0.2) is 0 Å².